The van der Waals surface area contributed by atoms with Crippen molar-refractivity contribution in [1.29, 1.82) is 0 Å². The minimum absolute atomic E-state index is 0.191. The first kappa shape index (κ1) is 32.5. The van der Waals surface area contributed by atoms with Gasteiger partial charge in [0.2, 0.25) is 5.78 Å². The Kier molecular flexibility index (Phi) is 7.68. The molecule has 0 radical (unpaired) electrons. The van der Waals surface area contributed by atoms with Crippen LogP contribution in [0.15, 0.2) is 53.3 Å². The number of aryl methyl sites for hydroxylation is 1. The van der Waals surface area contributed by atoms with Gasteiger partial charge in [-0.25, -0.2) is 4.79 Å². The highest BCUT2D eigenvalue weighted by Gasteiger charge is 2.69. The van der Waals surface area contributed by atoms with Crippen LogP contribution in [0.2, 0.25) is 0 Å². The highest BCUT2D eigenvalue weighted by Crippen LogP contribution is 2.57. The molecule has 0 bridgehead atoms. The summed E-state index contributed by atoms with van der Waals surface area (Å²) in [5.41, 5.74) is -1.12. The summed E-state index contributed by atoms with van der Waals surface area (Å²) in [5, 5.41) is 47.3. The van der Waals surface area contributed by atoms with E-state index in [0.29, 0.717) is 0 Å². The molecule has 0 heterocycles. The van der Waals surface area contributed by atoms with E-state index < -0.39 is 105 Å². The molecule has 7 N–H and O–H groups in total. The van der Waals surface area contributed by atoms with Crippen molar-refractivity contribution < 1.29 is 57.5 Å². The molecule has 15 heteroatoms. The number of carbonyl (C=O) groups is 4. The monoisotopic (exact) mass is 645 g/mol. The van der Waals surface area contributed by atoms with Crippen LogP contribution < -0.4 is 11.1 Å². The number of aromatic hydroxyl groups is 1. The summed E-state index contributed by atoms with van der Waals surface area (Å²) in [7, 11) is 2.68. The SMILES string of the molecule is Cc1ccc(NC(=O)O[C@H]2[C@H]3C(=C(O)c4c(O)cccc4[C@@H]3C)C(=O)[C@]3(O)C(O)=C(C(N)=O)C(=O)[C@@H](N(C)C)[C@H]23)c(C(F)(F)F)c1. The summed E-state index contributed by atoms with van der Waals surface area (Å²) in [6.45, 7) is 2.96. The number of ether oxygens (including phenoxy) is 1. The lowest BCUT2D eigenvalue weighted by Gasteiger charge is -2.54. The van der Waals surface area contributed by atoms with Crippen LogP contribution in [-0.4, -0.2) is 80.7 Å². The predicted molar refractivity (Wildman–Crippen MR) is 154 cm³/mol. The van der Waals surface area contributed by atoms with Gasteiger partial charge in [0, 0.05) is 11.5 Å². The molecule has 5 rings (SSSR count). The lowest BCUT2D eigenvalue weighted by atomic mass is 9.54. The molecule has 244 valence electrons. The smallest absolute Gasteiger partial charge is 0.418 e. The number of Topliss-reactive ketones (excluding diaryl/α,β-unsaturated/α-hetero) is 2. The molecule has 2 amide bonds. The van der Waals surface area contributed by atoms with Crippen LogP contribution in [-0.2, 0) is 25.3 Å². The largest absolute Gasteiger partial charge is 0.508 e. The molecular weight excluding hydrogens is 615 g/mol. The number of rotatable bonds is 4. The highest BCUT2D eigenvalue weighted by molar-refractivity contribution is 6.24. The maximum atomic E-state index is 14.2. The number of amides is 2. The van der Waals surface area contributed by atoms with Gasteiger partial charge in [-0.2, -0.15) is 13.2 Å². The number of anilines is 1. The minimum Gasteiger partial charge on any atom is -0.508 e. The van der Waals surface area contributed by atoms with Gasteiger partial charge in [-0.1, -0.05) is 30.7 Å². The third kappa shape index (κ3) is 4.69. The van der Waals surface area contributed by atoms with E-state index in [0.717, 1.165) is 12.1 Å². The van der Waals surface area contributed by atoms with Crippen molar-refractivity contribution in [2.75, 3.05) is 19.4 Å². The molecule has 12 nitrogen and oxygen atoms in total. The number of phenolic OH excluding ortho intramolecular Hbond substituents is 1. The Balaban J connectivity index is 1.75. The van der Waals surface area contributed by atoms with E-state index in [4.69, 9.17) is 10.5 Å². The summed E-state index contributed by atoms with van der Waals surface area (Å²) in [6, 6.07) is 5.63. The Bertz CT molecular complexity index is 1770. The number of aliphatic hydroxyl groups is 3. The van der Waals surface area contributed by atoms with Gasteiger partial charge in [0.1, 0.15) is 28.9 Å². The molecule has 3 aliphatic rings. The molecule has 1 fully saturated rings. The Labute approximate surface area is 259 Å². The van der Waals surface area contributed by atoms with E-state index in [1.54, 1.807) is 6.92 Å². The molecule has 0 saturated heterocycles. The molecule has 0 aliphatic heterocycles. The maximum Gasteiger partial charge on any atom is 0.418 e. The molecule has 2 aromatic rings. The van der Waals surface area contributed by atoms with Gasteiger partial charge in [-0.05, 0) is 50.7 Å². The number of ketones is 2. The van der Waals surface area contributed by atoms with Crippen molar-refractivity contribution in [2.45, 2.75) is 43.7 Å². The zero-order chi connectivity index (χ0) is 34.2. The van der Waals surface area contributed by atoms with Crippen LogP contribution in [0.25, 0.3) is 5.76 Å². The van der Waals surface area contributed by atoms with Gasteiger partial charge in [-0.3, -0.25) is 24.6 Å². The zero-order valence-corrected chi connectivity index (χ0v) is 24.8. The normalized spacial score (nSPS) is 27.6. The second-order valence-electron chi connectivity index (χ2n) is 11.8. The second-order valence-corrected chi connectivity index (χ2v) is 11.8. The standard InChI is InChI=1S/C31H30F3N3O9/c1-11-8-9-15(14(10-11)31(32,33)34)36-29(44)46-25-17-12(2)13-6-5-7-16(38)18(13)23(39)19(17)26(41)30(45)21(25)22(37(3)4)24(40)20(27(30)42)28(35)43/h5-10,12,17,21-22,25,38-39,42,45H,1-4H3,(H2,35,43)(H,36,44)/t12-,17+,21+,22-,25-,30-/m0/s1. The summed E-state index contributed by atoms with van der Waals surface area (Å²) in [4.78, 5) is 54.8. The summed E-state index contributed by atoms with van der Waals surface area (Å²) in [5.74, 6) is -10.9. The molecule has 0 unspecified atom stereocenters. The van der Waals surface area contributed by atoms with Gasteiger partial charge in [0.05, 0.1) is 28.8 Å². The minimum atomic E-state index is -4.88. The summed E-state index contributed by atoms with van der Waals surface area (Å²) >= 11 is 0. The maximum absolute atomic E-state index is 14.2. The van der Waals surface area contributed by atoms with Crippen LogP contribution in [0.3, 0.4) is 0 Å². The zero-order valence-electron chi connectivity index (χ0n) is 24.8. The van der Waals surface area contributed by atoms with Gasteiger partial charge >= 0.3 is 12.3 Å². The molecule has 3 aliphatic carbocycles. The molecule has 46 heavy (non-hydrogen) atoms. The second kappa shape index (κ2) is 10.9. The topological polar surface area (TPSA) is 200 Å². The fourth-order valence-electron chi connectivity index (χ4n) is 6.95. The average Bonchev–Trinajstić information content (AvgIpc) is 2.94. The number of likely N-dealkylation sites (N-methyl/N-ethyl adjacent to an activating group) is 1. The Morgan fingerprint density at radius 1 is 1.09 bits per heavy atom. The van der Waals surface area contributed by atoms with Crippen molar-refractivity contribution in [2.24, 2.45) is 17.6 Å². The molecule has 0 spiro atoms. The number of aliphatic hydroxyl groups excluding tert-OH is 2. The lowest BCUT2D eigenvalue weighted by Crippen LogP contribution is -2.71. The van der Waals surface area contributed by atoms with Crippen LogP contribution >= 0.6 is 0 Å². The van der Waals surface area contributed by atoms with Crippen LogP contribution in [0.5, 0.6) is 5.75 Å². The molecule has 1 saturated carbocycles. The number of nitrogens with zero attached hydrogens (tertiary/aromatic N) is 1. The van der Waals surface area contributed by atoms with Gasteiger partial charge in [0.15, 0.2) is 11.4 Å². The van der Waals surface area contributed by atoms with Crippen molar-refractivity contribution >= 4 is 35.0 Å². The third-order valence-corrected chi connectivity index (χ3v) is 8.93. The Hall–Kier alpha value is -4.89. The van der Waals surface area contributed by atoms with Crippen LogP contribution in [0, 0.1) is 18.8 Å². The molecule has 6 atom stereocenters. The number of nitrogens with one attached hydrogen (secondary N) is 1. The predicted octanol–water partition coefficient (Wildman–Crippen LogP) is 3.08. The number of hydrogen-bond donors (Lipinski definition) is 6. The first-order valence-corrected chi connectivity index (χ1v) is 14.0. The highest BCUT2D eigenvalue weighted by atomic mass is 19.4. The number of hydrogen-bond acceptors (Lipinski definition) is 10. The van der Waals surface area contributed by atoms with Gasteiger partial charge < -0.3 is 30.9 Å². The van der Waals surface area contributed by atoms with Crippen LogP contribution in [0.4, 0.5) is 23.7 Å². The third-order valence-electron chi connectivity index (χ3n) is 8.93. The van der Waals surface area contributed by atoms with Crippen molar-refractivity contribution in [3.63, 3.8) is 0 Å². The van der Waals surface area contributed by atoms with E-state index >= 15 is 0 Å². The lowest BCUT2D eigenvalue weighted by molar-refractivity contribution is -0.169. The number of phenols is 1. The molecule has 0 aromatic heterocycles. The number of nitrogens with two attached hydrogens (primary N) is 1. The van der Waals surface area contributed by atoms with Gasteiger partial charge in [-0.15, -0.1) is 0 Å². The number of benzene rings is 2. The summed E-state index contributed by atoms with van der Waals surface area (Å²) < 4.78 is 47.2. The van der Waals surface area contributed by atoms with Crippen LogP contribution in [0.1, 0.15) is 35.1 Å². The van der Waals surface area contributed by atoms with E-state index in [2.05, 4.69) is 0 Å². The fraction of sp³-hybridized carbons (Fsp3) is 0.355. The number of halogens is 3. The van der Waals surface area contributed by atoms with Gasteiger partial charge in [0.25, 0.3) is 5.91 Å². The number of carbonyl (C=O) groups excluding carboxylic acids is 4. The fourth-order valence-corrected chi connectivity index (χ4v) is 6.95. The van der Waals surface area contributed by atoms with E-state index in [9.17, 15) is 52.8 Å². The Morgan fingerprint density at radius 3 is 2.33 bits per heavy atom. The average molecular weight is 646 g/mol. The van der Waals surface area contributed by atoms with E-state index in [1.165, 1.54) is 50.2 Å². The molecule has 2 aromatic carbocycles. The first-order valence-electron chi connectivity index (χ1n) is 14.0. The van der Waals surface area contributed by atoms with Crippen molar-refractivity contribution in [3.05, 3.63) is 75.6 Å². The van der Waals surface area contributed by atoms with Crippen molar-refractivity contribution in [1.82, 2.24) is 4.90 Å². The number of primary amides is 1. The number of fused-ring (bicyclic) bond motifs is 3. The summed E-state index contributed by atoms with van der Waals surface area (Å²) in [6.07, 6.45) is -8.19. The number of alkyl halides is 3. The van der Waals surface area contributed by atoms with Crippen molar-refractivity contribution in [3.8, 4) is 5.75 Å². The molecular formula is C31H30F3N3O9. The first-order chi connectivity index (χ1) is 21.3. The Morgan fingerprint density at radius 2 is 1.74 bits per heavy atom. The van der Waals surface area contributed by atoms with E-state index in [-0.39, 0.29) is 16.7 Å². The quantitative estimate of drug-likeness (QED) is 0.269. The van der Waals surface area contributed by atoms with E-state index in [1.807, 2.05) is 5.32 Å².